The first-order valence-corrected chi connectivity index (χ1v) is 10.0. The van der Waals surface area contributed by atoms with Gasteiger partial charge < -0.3 is 9.64 Å². The molecule has 0 radical (unpaired) electrons. The Bertz CT molecular complexity index is 995. The average molecular weight is 403 g/mol. The van der Waals surface area contributed by atoms with Crippen LogP contribution in [0.15, 0.2) is 53.4 Å². The second-order valence-corrected chi connectivity index (χ2v) is 8.11. The van der Waals surface area contributed by atoms with Gasteiger partial charge in [0.2, 0.25) is 10.0 Å². The largest absolute Gasteiger partial charge is 0.484 e. The molecule has 2 aromatic carbocycles. The second kappa shape index (κ2) is 8.37. The van der Waals surface area contributed by atoms with Gasteiger partial charge in [0.25, 0.3) is 5.91 Å². The summed E-state index contributed by atoms with van der Waals surface area (Å²) in [5.41, 5.74) is 0.435. The number of nitrogens with zero attached hydrogens (tertiary/aromatic N) is 3. The van der Waals surface area contributed by atoms with Gasteiger partial charge in [0.15, 0.2) is 6.61 Å². The zero-order valence-electron chi connectivity index (χ0n) is 14.9. The summed E-state index contributed by atoms with van der Waals surface area (Å²) in [5, 5.41) is 8.88. The van der Waals surface area contributed by atoms with Crippen LogP contribution < -0.4 is 4.74 Å². The van der Waals surface area contributed by atoms with Crippen molar-refractivity contribution in [3.8, 4) is 11.8 Å². The molecule has 0 aliphatic carbocycles. The smallest absolute Gasteiger partial charge is 0.260 e. The standard InChI is InChI=1S/C19H18FN3O4S/c20-16-4-6-18(7-5-16)28(25,26)23-10-8-22(9-11-23)19(24)14-27-17-3-1-2-15(12-17)13-21/h1-7,12H,8-11,14H2. The number of hydrogen-bond donors (Lipinski definition) is 0. The lowest BCUT2D eigenvalue weighted by Crippen LogP contribution is -2.51. The lowest BCUT2D eigenvalue weighted by atomic mass is 10.2. The third kappa shape index (κ3) is 4.47. The number of nitriles is 1. The second-order valence-electron chi connectivity index (χ2n) is 6.17. The van der Waals surface area contributed by atoms with E-state index in [2.05, 4.69) is 0 Å². The molecule has 0 unspecified atom stereocenters. The number of halogens is 1. The van der Waals surface area contributed by atoms with Crippen LogP contribution in [-0.4, -0.2) is 56.3 Å². The quantitative estimate of drug-likeness (QED) is 0.757. The first kappa shape index (κ1) is 19.8. The van der Waals surface area contributed by atoms with Crippen LogP contribution in [0.4, 0.5) is 4.39 Å². The van der Waals surface area contributed by atoms with Gasteiger partial charge in [0.1, 0.15) is 11.6 Å². The molecule has 0 saturated carbocycles. The molecule has 1 amide bonds. The van der Waals surface area contributed by atoms with E-state index in [0.717, 1.165) is 12.1 Å². The summed E-state index contributed by atoms with van der Waals surface area (Å²) < 4.78 is 44.9. The number of ether oxygens (including phenoxy) is 1. The highest BCUT2D eigenvalue weighted by Crippen LogP contribution is 2.18. The molecule has 1 fully saturated rings. The predicted molar refractivity (Wildman–Crippen MR) is 98.4 cm³/mol. The molecule has 0 bridgehead atoms. The Kier molecular flexibility index (Phi) is 5.92. The molecule has 0 aromatic heterocycles. The topological polar surface area (TPSA) is 90.7 Å². The lowest BCUT2D eigenvalue weighted by molar-refractivity contribution is -0.134. The number of sulfonamides is 1. The Morgan fingerprint density at radius 3 is 2.43 bits per heavy atom. The maximum Gasteiger partial charge on any atom is 0.260 e. The van der Waals surface area contributed by atoms with Gasteiger partial charge in [-0.2, -0.15) is 9.57 Å². The van der Waals surface area contributed by atoms with Crippen molar-refractivity contribution in [3.05, 3.63) is 59.9 Å². The fourth-order valence-electron chi connectivity index (χ4n) is 2.83. The Hall–Kier alpha value is -2.96. The summed E-state index contributed by atoms with van der Waals surface area (Å²) in [4.78, 5) is 13.9. The molecule has 9 heteroatoms. The van der Waals surface area contributed by atoms with Crippen molar-refractivity contribution >= 4 is 15.9 Å². The Balaban J connectivity index is 1.55. The number of benzene rings is 2. The van der Waals surface area contributed by atoms with Crippen LogP contribution in [-0.2, 0) is 14.8 Å². The third-order valence-corrected chi connectivity index (χ3v) is 6.28. The fourth-order valence-corrected chi connectivity index (χ4v) is 4.25. The number of rotatable bonds is 5. The Morgan fingerprint density at radius 1 is 1.11 bits per heavy atom. The Morgan fingerprint density at radius 2 is 1.79 bits per heavy atom. The highest BCUT2D eigenvalue weighted by molar-refractivity contribution is 7.89. The van der Waals surface area contributed by atoms with E-state index >= 15 is 0 Å². The Labute approximate surface area is 162 Å². The summed E-state index contributed by atoms with van der Waals surface area (Å²) in [5.74, 6) is -0.346. The molecular weight excluding hydrogens is 385 g/mol. The lowest BCUT2D eigenvalue weighted by Gasteiger charge is -2.34. The van der Waals surface area contributed by atoms with E-state index in [1.165, 1.54) is 21.3 Å². The van der Waals surface area contributed by atoms with Crippen LogP contribution in [0.5, 0.6) is 5.75 Å². The summed E-state index contributed by atoms with van der Waals surface area (Å²) in [6, 6.07) is 13.2. The zero-order valence-corrected chi connectivity index (χ0v) is 15.7. The van der Waals surface area contributed by atoms with Gasteiger partial charge in [-0.15, -0.1) is 0 Å². The third-order valence-electron chi connectivity index (χ3n) is 4.37. The monoisotopic (exact) mass is 403 g/mol. The van der Waals surface area contributed by atoms with Crippen molar-refractivity contribution in [1.82, 2.24) is 9.21 Å². The normalized spacial score (nSPS) is 15.1. The minimum absolute atomic E-state index is 0.0226. The number of amides is 1. The number of carbonyl (C=O) groups is 1. The maximum absolute atomic E-state index is 13.0. The molecule has 146 valence electrons. The molecule has 0 spiro atoms. The minimum atomic E-state index is -3.72. The van der Waals surface area contributed by atoms with Gasteiger partial charge in [-0.05, 0) is 42.5 Å². The molecule has 1 heterocycles. The zero-order chi connectivity index (χ0) is 20.1. The van der Waals surface area contributed by atoms with Crippen LogP contribution in [0.25, 0.3) is 0 Å². The van der Waals surface area contributed by atoms with Gasteiger partial charge in [-0.25, -0.2) is 12.8 Å². The van der Waals surface area contributed by atoms with Crippen LogP contribution in [0.3, 0.4) is 0 Å². The highest BCUT2D eigenvalue weighted by Gasteiger charge is 2.30. The van der Waals surface area contributed by atoms with Crippen molar-refractivity contribution in [2.75, 3.05) is 32.8 Å². The van der Waals surface area contributed by atoms with E-state index in [9.17, 15) is 17.6 Å². The fraction of sp³-hybridized carbons (Fsp3) is 0.263. The average Bonchev–Trinajstić information content (AvgIpc) is 2.72. The molecule has 3 rings (SSSR count). The molecule has 0 atom stereocenters. The van der Waals surface area contributed by atoms with Gasteiger partial charge in [0, 0.05) is 26.2 Å². The van der Waals surface area contributed by atoms with Gasteiger partial charge >= 0.3 is 0 Å². The van der Waals surface area contributed by atoms with Crippen LogP contribution in [0.1, 0.15) is 5.56 Å². The predicted octanol–water partition coefficient (Wildman–Crippen LogP) is 1.61. The summed E-state index contributed by atoms with van der Waals surface area (Å²) in [6.07, 6.45) is 0. The number of hydrogen-bond acceptors (Lipinski definition) is 5. The molecule has 2 aromatic rings. The van der Waals surface area contributed by atoms with E-state index < -0.39 is 15.8 Å². The minimum Gasteiger partial charge on any atom is -0.484 e. The molecule has 1 aliphatic rings. The molecule has 28 heavy (non-hydrogen) atoms. The van der Waals surface area contributed by atoms with Gasteiger partial charge in [0.05, 0.1) is 16.5 Å². The van der Waals surface area contributed by atoms with Crippen LogP contribution in [0.2, 0.25) is 0 Å². The molecule has 1 aliphatic heterocycles. The van der Waals surface area contributed by atoms with E-state index in [1.54, 1.807) is 24.3 Å². The summed E-state index contributed by atoms with van der Waals surface area (Å²) in [7, 11) is -3.72. The highest BCUT2D eigenvalue weighted by atomic mass is 32.2. The number of piperazine rings is 1. The van der Waals surface area contributed by atoms with Crippen molar-refractivity contribution in [3.63, 3.8) is 0 Å². The molecule has 0 N–H and O–H groups in total. The van der Waals surface area contributed by atoms with E-state index in [-0.39, 0.29) is 43.6 Å². The molecule has 1 saturated heterocycles. The van der Waals surface area contributed by atoms with Crippen LogP contribution in [0, 0.1) is 17.1 Å². The molecular formula is C19H18FN3O4S. The first-order chi connectivity index (χ1) is 13.4. The van der Waals surface area contributed by atoms with Crippen molar-refractivity contribution in [2.24, 2.45) is 0 Å². The van der Waals surface area contributed by atoms with E-state index in [1.807, 2.05) is 6.07 Å². The van der Waals surface area contributed by atoms with Crippen molar-refractivity contribution in [1.29, 1.82) is 5.26 Å². The van der Waals surface area contributed by atoms with Crippen molar-refractivity contribution < 1.29 is 22.3 Å². The van der Waals surface area contributed by atoms with Crippen molar-refractivity contribution in [2.45, 2.75) is 4.90 Å². The SMILES string of the molecule is N#Cc1cccc(OCC(=O)N2CCN(S(=O)(=O)c3ccc(F)cc3)CC2)c1. The first-order valence-electron chi connectivity index (χ1n) is 8.56. The summed E-state index contributed by atoms with van der Waals surface area (Å²) in [6.45, 7) is 0.575. The van der Waals surface area contributed by atoms with Gasteiger partial charge in [-0.3, -0.25) is 4.79 Å². The van der Waals surface area contributed by atoms with E-state index in [0.29, 0.717) is 11.3 Å². The summed E-state index contributed by atoms with van der Waals surface area (Å²) >= 11 is 0. The van der Waals surface area contributed by atoms with Crippen LogP contribution >= 0.6 is 0 Å². The maximum atomic E-state index is 13.0. The van der Waals surface area contributed by atoms with Gasteiger partial charge in [-0.1, -0.05) is 6.07 Å². The van der Waals surface area contributed by atoms with E-state index in [4.69, 9.17) is 10.00 Å². The molecule has 7 nitrogen and oxygen atoms in total. The number of carbonyl (C=O) groups excluding carboxylic acids is 1.